The second-order valence-electron chi connectivity index (χ2n) is 7.37. The SMILES string of the molecule is CC(C)(/C=C/C(=O)NO)[C@@H](OC(=O)Nc1ccc(C#N)cc1)c1ccc(OCCO)cc1. The molecule has 9 nitrogen and oxygen atoms in total. The van der Waals surface area contributed by atoms with E-state index in [1.807, 2.05) is 6.07 Å². The Morgan fingerprint density at radius 3 is 2.38 bits per heavy atom. The van der Waals surface area contributed by atoms with Crippen LogP contribution in [-0.4, -0.2) is 35.5 Å². The zero-order chi connectivity index (χ0) is 23.6. The predicted octanol–water partition coefficient (Wildman–Crippen LogP) is 3.31. The second-order valence-corrected chi connectivity index (χ2v) is 7.37. The summed E-state index contributed by atoms with van der Waals surface area (Å²) in [5, 5.41) is 29.1. The number of anilines is 1. The molecular weight excluding hydrogens is 414 g/mol. The predicted molar refractivity (Wildman–Crippen MR) is 116 cm³/mol. The molecule has 2 amide bonds. The van der Waals surface area contributed by atoms with Gasteiger partial charge in [0.15, 0.2) is 0 Å². The van der Waals surface area contributed by atoms with Crippen LogP contribution in [0.5, 0.6) is 5.75 Å². The van der Waals surface area contributed by atoms with Gasteiger partial charge in [-0.25, -0.2) is 10.3 Å². The summed E-state index contributed by atoms with van der Waals surface area (Å²) in [5.41, 5.74) is 2.22. The van der Waals surface area contributed by atoms with Crippen molar-refractivity contribution in [2.75, 3.05) is 18.5 Å². The molecule has 0 saturated heterocycles. The highest BCUT2D eigenvalue weighted by Gasteiger charge is 2.32. The minimum absolute atomic E-state index is 0.117. The van der Waals surface area contributed by atoms with E-state index in [0.717, 1.165) is 6.08 Å². The molecule has 168 valence electrons. The number of aliphatic hydroxyl groups is 1. The number of hydrogen-bond acceptors (Lipinski definition) is 7. The maximum absolute atomic E-state index is 12.6. The average molecular weight is 439 g/mol. The molecule has 2 rings (SSSR count). The summed E-state index contributed by atoms with van der Waals surface area (Å²) in [4.78, 5) is 24.1. The first-order valence-electron chi connectivity index (χ1n) is 9.74. The van der Waals surface area contributed by atoms with Crippen molar-refractivity contribution in [3.63, 3.8) is 0 Å². The Kier molecular flexibility index (Phi) is 8.77. The summed E-state index contributed by atoms with van der Waals surface area (Å²) in [6.07, 6.45) is 1.13. The second kappa shape index (κ2) is 11.5. The van der Waals surface area contributed by atoms with Gasteiger partial charge in [0.05, 0.1) is 18.2 Å². The molecule has 2 aromatic carbocycles. The van der Waals surface area contributed by atoms with Gasteiger partial charge in [-0.05, 0) is 42.0 Å². The van der Waals surface area contributed by atoms with Gasteiger partial charge in [-0.15, -0.1) is 0 Å². The lowest BCUT2D eigenvalue weighted by molar-refractivity contribution is -0.124. The minimum Gasteiger partial charge on any atom is -0.491 e. The Balaban J connectivity index is 2.26. The zero-order valence-electron chi connectivity index (χ0n) is 17.7. The minimum atomic E-state index is -0.845. The fourth-order valence-corrected chi connectivity index (χ4v) is 2.85. The van der Waals surface area contributed by atoms with Crippen molar-refractivity contribution < 1.29 is 29.4 Å². The van der Waals surface area contributed by atoms with Crippen LogP contribution in [0.15, 0.2) is 60.7 Å². The third-order valence-corrected chi connectivity index (χ3v) is 4.48. The molecule has 2 aromatic rings. The summed E-state index contributed by atoms with van der Waals surface area (Å²) >= 11 is 0. The van der Waals surface area contributed by atoms with Gasteiger partial charge >= 0.3 is 6.09 Å². The van der Waals surface area contributed by atoms with Gasteiger partial charge in [-0.2, -0.15) is 5.26 Å². The molecule has 0 fully saturated rings. The number of aliphatic hydroxyl groups excluding tert-OH is 1. The molecule has 0 unspecified atom stereocenters. The van der Waals surface area contributed by atoms with E-state index in [1.165, 1.54) is 11.6 Å². The van der Waals surface area contributed by atoms with Gasteiger partial charge in [0.25, 0.3) is 5.91 Å². The Hall–Kier alpha value is -3.87. The van der Waals surface area contributed by atoms with E-state index < -0.39 is 23.5 Å². The summed E-state index contributed by atoms with van der Waals surface area (Å²) < 4.78 is 11.1. The Morgan fingerprint density at radius 2 is 1.81 bits per heavy atom. The quantitative estimate of drug-likeness (QED) is 0.267. The lowest BCUT2D eigenvalue weighted by Gasteiger charge is -2.31. The van der Waals surface area contributed by atoms with Gasteiger partial charge in [0, 0.05) is 17.2 Å². The first-order chi connectivity index (χ1) is 15.3. The fraction of sp³-hybridized carbons (Fsp3) is 0.261. The van der Waals surface area contributed by atoms with E-state index in [9.17, 15) is 9.59 Å². The van der Waals surface area contributed by atoms with Crippen LogP contribution in [0.1, 0.15) is 31.1 Å². The number of ether oxygens (including phenoxy) is 2. The van der Waals surface area contributed by atoms with Crippen LogP contribution in [0.4, 0.5) is 10.5 Å². The smallest absolute Gasteiger partial charge is 0.412 e. The number of amides is 2. The third-order valence-electron chi connectivity index (χ3n) is 4.48. The van der Waals surface area contributed by atoms with Crippen LogP contribution in [-0.2, 0) is 9.53 Å². The Bertz CT molecular complexity index is 978. The van der Waals surface area contributed by atoms with E-state index in [1.54, 1.807) is 62.4 Å². The van der Waals surface area contributed by atoms with E-state index in [-0.39, 0.29) is 13.2 Å². The van der Waals surface area contributed by atoms with Crippen LogP contribution >= 0.6 is 0 Å². The van der Waals surface area contributed by atoms with Crippen molar-refractivity contribution in [1.29, 1.82) is 5.26 Å². The molecule has 32 heavy (non-hydrogen) atoms. The molecule has 0 bridgehead atoms. The standard InChI is InChI=1S/C23H25N3O6/c1-23(2,12-11-20(28)26-30)21(17-5-9-19(10-6-17)31-14-13-27)32-22(29)25-18-7-3-16(15-24)4-8-18/h3-12,21,27,30H,13-14H2,1-2H3,(H,25,29)(H,26,28)/b12-11+/t21-/m0/s1. The molecule has 0 aliphatic rings. The zero-order valence-corrected chi connectivity index (χ0v) is 17.7. The number of rotatable bonds is 9. The van der Waals surface area contributed by atoms with Gasteiger partial charge in [-0.3, -0.25) is 15.3 Å². The van der Waals surface area contributed by atoms with Crippen molar-refractivity contribution in [3.05, 3.63) is 71.8 Å². The van der Waals surface area contributed by atoms with Gasteiger partial charge in [0.1, 0.15) is 18.5 Å². The molecule has 0 aliphatic carbocycles. The number of nitrogens with zero attached hydrogens (tertiary/aromatic N) is 1. The first-order valence-corrected chi connectivity index (χ1v) is 9.74. The lowest BCUT2D eigenvalue weighted by Crippen LogP contribution is -2.28. The van der Waals surface area contributed by atoms with Gasteiger partial charge in [0.2, 0.25) is 0 Å². The van der Waals surface area contributed by atoms with Crippen LogP contribution < -0.4 is 15.5 Å². The van der Waals surface area contributed by atoms with Crippen molar-refractivity contribution >= 4 is 17.7 Å². The number of nitrogens with one attached hydrogen (secondary N) is 2. The summed E-state index contributed by atoms with van der Waals surface area (Å²) in [7, 11) is 0. The van der Waals surface area contributed by atoms with Crippen molar-refractivity contribution in [2.24, 2.45) is 5.41 Å². The monoisotopic (exact) mass is 439 g/mol. The molecule has 0 heterocycles. The maximum Gasteiger partial charge on any atom is 0.412 e. The van der Waals surface area contributed by atoms with E-state index >= 15 is 0 Å². The number of hydroxylamine groups is 1. The van der Waals surface area contributed by atoms with Crippen LogP contribution in [0.25, 0.3) is 0 Å². The molecule has 0 radical (unpaired) electrons. The molecule has 0 aromatic heterocycles. The summed E-state index contributed by atoms with van der Waals surface area (Å²) in [5.74, 6) is -0.178. The van der Waals surface area contributed by atoms with Crippen LogP contribution in [0.3, 0.4) is 0 Å². The van der Waals surface area contributed by atoms with Crippen molar-refractivity contribution in [2.45, 2.75) is 20.0 Å². The highest BCUT2D eigenvalue weighted by atomic mass is 16.6. The fourth-order valence-electron chi connectivity index (χ4n) is 2.85. The number of hydrogen-bond donors (Lipinski definition) is 4. The largest absolute Gasteiger partial charge is 0.491 e. The van der Waals surface area contributed by atoms with E-state index in [0.29, 0.717) is 22.6 Å². The lowest BCUT2D eigenvalue weighted by atomic mass is 9.82. The van der Waals surface area contributed by atoms with Crippen molar-refractivity contribution in [3.8, 4) is 11.8 Å². The summed E-state index contributed by atoms with van der Waals surface area (Å²) in [6, 6.07) is 15.1. The molecule has 9 heteroatoms. The average Bonchev–Trinajstić information content (AvgIpc) is 2.80. The van der Waals surface area contributed by atoms with E-state index in [2.05, 4.69) is 5.32 Å². The molecule has 0 spiro atoms. The Labute approximate surface area is 185 Å². The van der Waals surface area contributed by atoms with Gasteiger partial charge in [-0.1, -0.05) is 32.1 Å². The number of benzene rings is 2. The molecule has 0 saturated carbocycles. The van der Waals surface area contributed by atoms with Crippen molar-refractivity contribution in [1.82, 2.24) is 5.48 Å². The molecule has 1 atom stereocenters. The third kappa shape index (κ3) is 7.12. The maximum atomic E-state index is 12.6. The first kappa shape index (κ1) is 24.4. The van der Waals surface area contributed by atoms with Crippen LogP contribution in [0.2, 0.25) is 0 Å². The molecule has 0 aliphatic heterocycles. The topological polar surface area (TPSA) is 141 Å². The van der Waals surface area contributed by atoms with Crippen LogP contribution in [0, 0.1) is 16.7 Å². The number of carbonyl (C=O) groups is 2. The van der Waals surface area contributed by atoms with E-state index in [4.69, 9.17) is 25.0 Å². The highest BCUT2D eigenvalue weighted by Crippen LogP contribution is 2.38. The highest BCUT2D eigenvalue weighted by molar-refractivity contribution is 5.86. The molecular formula is C23H25N3O6. The number of carbonyl (C=O) groups excluding carboxylic acids is 2. The molecule has 4 N–H and O–H groups in total. The normalized spacial score (nSPS) is 12.0. The Morgan fingerprint density at radius 1 is 1.16 bits per heavy atom. The number of nitriles is 1. The summed E-state index contributed by atoms with van der Waals surface area (Å²) in [6.45, 7) is 3.57. The van der Waals surface area contributed by atoms with Gasteiger partial charge < -0.3 is 14.6 Å².